The molecule has 6 nitrogen and oxygen atoms in total. The number of benzene rings is 1. The zero-order valence-corrected chi connectivity index (χ0v) is 13.1. The van der Waals surface area contributed by atoms with Crippen LogP contribution in [0, 0.1) is 0 Å². The lowest BCUT2D eigenvalue weighted by atomic mass is 10.1. The standard InChI is InChI=1S/C14H12ClF3N2O4/c1-24-11(21)5-4-10-12(22)20(13(23)19-10)7-2-3-9(15)8(6-7)14(16,17)18/h2-3,6,10H,4-5H2,1H3,(H,19,23)/t10-/m1/s1. The number of esters is 1. The summed E-state index contributed by atoms with van der Waals surface area (Å²) in [7, 11) is 1.18. The third kappa shape index (κ3) is 3.61. The average molecular weight is 365 g/mol. The van der Waals surface area contributed by atoms with Crippen LogP contribution in [0.1, 0.15) is 18.4 Å². The number of imide groups is 1. The van der Waals surface area contributed by atoms with Crippen LogP contribution in [-0.4, -0.2) is 31.1 Å². The predicted octanol–water partition coefficient (Wildman–Crippen LogP) is 2.74. The molecule has 2 rings (SSSR count). The van der Waals surface area contributed by atoms with Gasteiger partial charge in [0.25, 0.3) is 5.91 Å². The van der Waals surface area contributed by atoms with Crippen molar-refractivity contribution in [3.05, 3.63) is 28.8 Å². The Kier molecular flexibility index (Phi) is 5.02. The summed E-state index contributed by atoms with van der Waals surface area (Å²) >= 11 is 5.51. The lowest BCUT2D eigenvalue weighted by Gasteiger charge is -2.16. The van der Waals surface area contributed by atoms with Gasteiger partial charge < -0.3 is 10.1 Å². The number of nitrogens with one attached hydrogen (secondary N) is 1. The van der Waals surface area contributed by atoms with Crippen LogP contribution < -0.4 is 10.2 Å². The molecular formula is C14H12ClF3N2O4. The fraction of sp³-hybridized carbons (Fsp3) is 0.357. The van der Waals surface area contributed by atoms with Crippen LogP contribution >= 0.6 is 11.6 Å². The Labute approximate surface area is 139 Å². The zero-order valence-electron chi connectivity index (χ0n) is 12.3. The van der Waals surface area contributed by atoms with Crippen molar-refractivity contribution in [2.45, 2.75) is 25.1 Å². The van der Waals surface area contributed by atoms with Gasteiger partial charge in [-0.05, 0) is 24.6 Å². The molecule has 1 aromatic rings. The second-order valence-electron chi connectivity index (χ2n) is 4.95. The van der Waals surface area contributed by atoms with Gasteiger partial charge in [-0.2, -0.15) is 13.2 Å². The Hall–Kier alpha value is -2.29. The molecule has 24 heavy (non-hydrogen) atoms. The van der Waals surface area contributed by atoms with E-state index < -0.39 is 40.7 Å². The first kappa shape index (κ1) is 18.1. The van der Waals surface area contributed by atoms with E-state index in [-0.39, 0.29) is 18.5 Å². The summed E-state index contributed by atoms with van der Waals surface area (Å²) < 4.78 is 43.1. The van der Waals surface area contributed by atoms with E-state index in [4.69, 9.17) is 11.6 Å². The van der Waals surface area contributed by atoms with Crippen LogP contribution in [0.2, 0.25) is 5.02 Å². The topological polar surface area (TPSA) is 75.7 Å². The van der Waals surface area contributed by atoms with Crippen molar-refractivity contribution in [3.63, 3.8) is 0 Å². The number of amides is 3. The lowest BCUT2D eigenvalue weighted by Crippen LogP contribution is -2.31. The number of methoxy groups -OCH3 is 1. The minimum atomic E-state index is -4.73. The number of urea groups is 1. The molecule has 1 N–H and O–H groups in total. The first-order chi connectivity index (χ1) is 11.1. The molecule has 1 fully saturated rings. The van der Waals surface area contributed by atoms with Crippen molar-refractivity contribution in [2.75, 3.05) is 12.0 Å². The normalized spacial score (nSPS) is 17.9. The summed E-state index contributed by atoms with van der Waals surface area (Å²) in [4.78, 5) is 35.9. The molecule has 1 aliphatic rings. The quantitative estimate of drug-likeness (QED) is 0.658. The Morgan fingerprint density at radius 2 is 2.04 bits per heavy atom. The number of alkyl halides is 3. The van der Waals surface area contributed by atoms with Gasteiger partial charge >= 0.3 is 18.2 Å². The minimum absolute atomic E-state index is 0.0204. The smallest absolute Gasteiger partial charge is 0.417 e. The molecule has 0 aromatic heterocycles. The average Bonchev–Trinajstić information content (AvgIpc) is 2.78. The third-order valence-corrected chi connectivity index (χ3v) is 3.73. The van der Waals surface area contributed by atoms with Crippen LogP contribution in [0.25, 0.3) is 0 Å². The van der Waals surface area contributed by atoms with E-state index in [9.17, 15) is 27.6 Å². The summed E-state index contributed by atoms with van der Waals surface area (Å²) in [6.07, 6.45) is -4.86. The van der Waals surface area contributed by atoms with E-state index in [1.807, 2.05) is 0 Å². The highest BCUT2D eigenvalue weighted by atomic mass is 35.5. The number of carbonyl (C=O) groups excluding carboxylic acids is 3. The van der Waals surface area contributed by atoms with Gasteiger partial charge in [0, 0.05) is 6.42 Å². The molecule has 0 spiro atoms. The summed E-state index contributed by atoms with van der Waals surface area (Å²) in [6.45, 7) is 0. The molecule has 3 amide bonds. The number of anilines is 1. The Morgan fingerprint density at radius 1 is 1.38 bits per heavy atom. The minimum Gasteiger partial charge on any atom is -0.469 e. The molecule has 1 aromatic carbocycles. The molecule has 1 saturated heterocycles. The van der Waals surface area contributed by atoms with Gasteiger partial charge in [0.2, 0.25) is 0 Å². The maximum Gasteiger partial charge on any atom is 0.417 e. The molecule has 0 saturated carbocycles. The number of halogens is 4. The molecule has 0 bridgehead atoms. The van der Waals surface area contributed by atoms with E-state index in [1.54, 1.807) is 0 Å². The SMILES string of the molecule is COC(=O)CC[C@H]1NC(=O)N(c2ccc(Cl)c(C(F)(F)F)c2)C1=O. The summed E-state index contributed by atoms with van der Waals surface area (Å²) in [5.41, 5.74) is -1.41. The van der Waals surface area contributed by atoms with Crippen LogP contribution in [0.4, 0.5) is 23.7 Å². The Morgan fingerprint density at radius 3 is 2.62 bits per heavy atom. The van der Waals surface area contributed by atoms with Crippen molar-refractivity contribution in [1.82, 2.24) is 5.32 Å². The number of rotatable bonds is 4. The van der Waals surface area contributed by atoms with Crippen molar-refractivity contribution in [3.8, 4) is 0 Å². The second-order valence-corrected chi connectivity index (χ2v) is 5.36. The van der Waals surface area contributed by atoms with Crippen LogP contribution in [-0.2, 0) is 20.5 Å². The molecular weight excluding hydrogens is 353 g/mol. The maximum atomic E-state index is 12.9. The van der Waals surface area contributed by atoms with E-state index >= 15 is 0 Å². The van der Waals surface area contributed by atoms with Gasteiger partial charge in [-0.25, -0.2) is 9.69 Å². The number of hydrogen-bond donors (Lipinski definition) is 1. The van der Waals surface area contributed by atoms with Crippen LogP contribution in [0.5, 0.6) is 0 Å². The molecule has 0 aliphatic carbocycles. The predicted molar refractivity (Wildman–Crippen MR) is 77.5 cm³/mol. The lowest BCUT2D eigenvalue weighted by molar-refractivity contribution is -0.141. The van der Waals surface area contributed by atoms with E-state index in [0.29, 0.717) is 11.0 Å². The van der Waals surface area contributed by atoms with Gasteiger partial charge in [0.1, 0.15) is 6.04 Å². The van der Waals surface area contributed by atoms with Crippen molar-refractivity contribution in [2.24, 2.45) is 0 Å². The highest BCUT2D eigenvalue weighted by Crippen LogP contribution is 2.37. The van der Waals surface area contributed by atoms with Crippen molar-refractivity contribution in [1.29, 1.82) is 0 Å². The number of carbonyl (C=O) groups is 3. The number of ether oxygens (including phenoxy) is 1. The fourth-order valence-electron chi connectivity index (χ4n) is 2.21. The number of hydrogen-bond acceptors (Lipinski definition) is 4. The molecule has 1 aliphatic heterocycles. The van der Waals surface area contributed by atoms with E-state index in [1.165, 1.54) is 7.11 Å². The first-order valence-corrected chi connectivity index (χ1v) is 7.11. The van der Waals surface area contributed by atoms with Gasteiger partial charge in [-0.3, -0.25) is 9.59 Å². The molecule has 10 heteroatoms. The molecule has 1 atom stereocenters. The highest BCUT2D eigenvalue weighted by Gasteiger charge is 2.40. The Bertz CT molecular complexity index is 693. The monoisotopic (exact) mass is 364 g/mol. The van der Waals surface area contributed by atoms with Gasteiger partial charge in [0.05, 0.1) is 23.4 Å². The van der Waals surface area contributed by atoms with Gasteiger partial charge in [-0.1, -0.05) is 11.6 Å². The Balaban J connectivity index is 2.25. The fourth-order valence-corrected chi connectivity index (χ4v) is 2.43. The van der Waals surface area contributed by atoms with E-state index in [2.05, 4.69) is 10.1 Å². The summed E-state index contributed by atoms with van der Waals surface area (Å²) in [5.74, 6) is -1.32. The van der Waals surface area contributed by atoms with E-state index in [0.717, 1.165) is 12.1 Å². The molecule has 0 unspecified atom stereocenters. The highest BCUT2D eigenvalue weighted by molar-refractivity contribution is 6.31. The molecule has 1 heterocycles. The third-order valence-electron chi connectivity index (χ3n) is 3.40. The van der Waals surface area contributed by atoms with Crippen LogP contribution in [0.15, 0.2) is 18.2 Å². The first-order valence-electron chi connectivity index (χ1n) is 6.73. The van der Waals surface area contributed by atoms with Gasteiger partial charge in [0.15, 0.2) is 0 Å². The zero-order chi connectivity index (χ0) is 18.1. The molecule has 130 valence electrons. The second kappa shape index (κ2) is 6.68. The summed E-state index contributed by atoms with van der Waals surface area (Å²) in [6, 6.07) is 0.842. The van der Waals surface area contributed by atoms with Crippen molar-refractivity contribution < 1.29 is 32.3 Å². The van der Waals surface area contributed by atoms with Crippen LogP contribution in [0.3, 0.4) is 0 Å². The van der Waals surface area contributed by atoms with Gasteiger partial charge in [-0.15, -0.1) is 0 Å². The maximum absolute atomic E-state index is 12.9. The largest absolute Gasteiger partial charge is 0.469 e. The molecule has 0 radical (unpaired) electrons. The summed E-state index contributed by atoms with van der Waals surface area (Å²) in [5, 5.41) is 1.78. The van der Waals surface area contributed by atoms with Crippen molar-refractivity contribution >= 4 is 35.2 Å². The number of nitrogens with zero attached hydrogens (tertiary/aromatic N) is 1.